The van der Waals surface area contributed by atoms with Crippen LogP contribution in [0.1, 0.15) is 46.8 Å². The zero-order chi connectivity index (χ0) is 32.5. The molecule has 0 aliphatic carbocycles. The first-order valence-corrected chi connectivity index (χ1v) is 15.9. The van der Waals surface area contributed by atoms with Gasteiger partial charge in [-0.3, -0.25) is 19.3 Å². The number of hydrogen-bond acceptors (Lipinski definition) is 9. The van der Waals surface area contributed by atoms with E-state index < -0.39 is 29.6 Å². The summed E-state index contributed by atoms with van der Waals surface area (Å²) >= 11 is 8.93. The number of nitrogens with zero attached hydrogens (tertiary/aromatic N) is 2. The van der Waals surface area contributed by atoms with Gasteiger partial charge in [0, 0.05) is 11.3 Å². The summed E-state index contributed by atoms with van der Waals surface area (Å²) in [5, 5.41) is 11.5. The summed E-state index contributed by atoms with van der Waals surface area (Å²) in [5.41, 5.74) is 2.16. The molecule has 4 rings (SSSR count). The number of halogens is 2. The van der Waals surface area contributed by atoms with Crippen LogP contribution in [0.25, 0.3) is 6.08 Å². The Hall–Kier alpha value is -4.06. The van der Waals surface area contributed by atoms with Crippen molar-refractivity contribution in [2.24, 2.45) is 0 Å². The average Bonchev–Trinajstić information content (AvgIpc) is 3.28. The van der Waals surface area contributed by atoms with Crippen molar-refractivity contribution in [2.45, 2.75) is 26.4 Å². The second kappa shape index (κ2) is 15.8. The Bertz CT molecular complexity index is 1720. The van der Waals surface area contributed by atoms with Crippen LogP contribution < -0.4 is 14.8 Å². The number of imide groups is 1. The van der Waals surface area contributed by atoms with E-state index in [0.29, 0.717) is 44.4 Å². The quantitative estimate of drug-likeness (QED) is 0.0894. The largest absolute Gasteiger partial charge is 0.493 e. The summed E-state index contributed by atoms with van der Waals surface area (Å²) in [7, 11) is 1.48. The first-order valence-electron chi connectivity index (χ1n) is 13.6. The van der Waals surface area contributed by atoms with Crippen molar-refractivity contribution in [2.75, 3.05) is 25.6 Å². The molecule has 13 heteroatoms. The van der Waals surface area contributed by atoms with Gasteiger partial charge in [0.1, 0.15) is 13.2 Å². The standard InChI is InChI=1S/C32H27ClIN3O7S/c1-3-4-11-43-31(40)23-15-22(9-10-24(23)33)36-28(38)17-37-30(39)27(45-32(37)41)14-19-12-25(34)29(26(13-19)42-2)44-18-21-8-6-5-7-20(21)16-35/h5-10,12-15H,3-4,11,17-18H2,1-2H3,(H,36,38)/b27-14+. The normalized spacial score (nSPS) is 13.5. The van der Waals surface area contributed by atoms with E-state index in [-0.39, 0.29) is 34.4 Å². The molecule has 10 nitrogen and oxygen atoms in total. The highest BCUT2D eigenvalue weighted by Gasteiger charge is 2.36. The van der Waals surface area contributed by atoms with Gasteiger partial charge in [0.2, 0.25) is 5.91 Å². The van der Waals surface area contributed by atoms with Gasteiger partial charge in [0.05, 0.1) is 44.4 Å². The molecule has 232 valence electrons. The molecule has 0 atom stereocenters. The molecule has 0 spiro atoms. The lowest BCUT2D eigenvalue weighted by atomic mass is 10.1. The molecule has 0 saturated carbocycles. The van der Waals surface area contributed by atoms with E-state index in [9.17, 15) is 24.4 Å². The lowest BCUT2D eigenvalue weighted by Gasteiger charge is -2.14. The number of carbonyl (C=O) groups is 4. The summed E-state index contributed by atoms with van der Waals surface area (Å²) in [6.07, 6.45) is 3.10. The highest BCUT2D eigenvalue weighted by Crippen LogP contribution is 2.38. The summed E-state index contributed by atoms with van der Waals surface area (Å²) in [6.45, 7) is 1.84. The summed E-state index contributed by atoms with van der Waals surface area (Å²) < 4.78 is 17.4. The molecule has 3 amide bonds. The van der Waals surface area contributed by atoms with Crippen LogP contribution in [-0.2, 0) is 20.9 Å². The highest BCUT2D eigenvalue weighted by atomic mass is 127. The van der Waals surface area contributed by atoms with E-state index >= 15 is 0 Å². The molecule has 0 aromatic heterocycles. The fraction of sp³-hybridized carbons (Fsp3) is 0.219. The van der Waals surface area contributed by atoms with Crippen LogP contribution in [0.5, 0.6) is 11.5 Å². The molecule has 1 aliphatic heterocycles. The molecular formula is C32H27ClIN3O7S. The van der Waals surface area contributed by atoms with Gasteiger partial charge in [-0.15, -0.1) is 0 Å². The number of unbranched alkanes of at least 4 members (excludes halogenated alkanes) is 1. The smallest absolute Gasteiger partial charge is 0.339 e. The number of ether oxygens (including phenoxy) is 3. The van der Waals surface area contributed by atoms with Gasteiger partial charge in [0.25, 0.3) is 11.1 Å². The Labute approximate surface area is 282 Å². The second-order valence-corrected chi connectivity index (χ2v) is 12.2. The van der Waals surface area contributed by atoms with Gasteiger partial charge in [-0.25, -0.2) is 4.79 Å². The van der Waals surface area contributed by atoms with Crippen molar-refractivity contribution in [1.82, 2.24) is 4.90 Å². The molecule has 3 aromatic carbocycles. The monoisotopic (exact) mass is 759 g/mol. The predicted molar refractivity (Wildman–Crippen MR) is 179 cm³/mol. The van der Waals surface area contributed by atoms with Crippen molar-refractivity contribution in [1.29, 1.82) is 5.26 Å². The topological polar surface area (TPSA) is 135 Å². The van der Waals surface area contributed by atoms with Crippen LogP contribution in [0.2, 0.25) is 5.02 Å². The number of rotatable bonds is 12. The number of thioether (sulfide) groups is 1. The number of hydrogen-bond donors (Lipinski definition) is 1. The maximum absolute atomic E-state index is 13.1. The summed E-state index contributed by atoms with van der Waals surface area (Å²) in [5.74, 6) is -1.01. The summed E-state index contributed by atoms with van der Waals surface area (Å²) in [4.78, 5) is 52.0. The van der Waals surface area contributed by atoms with E-state index in [4.69, 9.17) is 25.8 Å². The van der Waals surface area contributed by atoms with E-state index in [1.807, 2.05) is 13.0 Å². The van der Waals surface area contributed by atoms with Crippen molar-refractivity contribution in [3.63, 3.8) is 0 Å². The molecular weight excluding hydrogens is 733 g/mol. The number of nitrogens with one attached hydrogen (secondary N) is 1. The predicted octanol–water partition coefficient (Wildman–Crippen LogP) is 7.04. The van der Waals surface area contributed by atoms with Gasteiger partial charge >= 0.3 is 5.97 Å². The Morgan fingerprint density at radius 1 is 1.16 bits per heavy atom. The number of benzene rings is 3. The van der Waals surface area contributed by atoms with Gasteiger partial charge in [-0.05, 0) is 88.8 Å². The first kappa shape index (κ1) is 33.8. The van der Waals surface area contributed by atoms with E-state index in [0.717, 1.165) is 16.9 Å². The molecule has 1 N–H and O–H groups in total. The number of anilines is 1. The molecule has 3 aromatic rings. The molecule has 1 heterocycles. The number of carbonyl (C=O) groups excluding carboxylic acids is 4. The maximum Gasteiger partial charge on any atom is 0.339 e. The molecule has 0 unspecified atom stereocenters. The van der Waals surface area contributed by atoms with Crippen LogP contribution in [-0.4, -0.2) is 48.2 Å². The minimum absolute atomic E-state index is 0.0909. The number of methoxy groups -OCH3 is 1. The zero-order valence-electron chi connectivity index (χ0n) is 24.2. The third kappa shape index (κ3) is 8.56. The minimum atomic E-state index is -0.637. The van der Waals surface area contributed by atoms with Gasteiger partial charge in [-0.2, -0.15) is 5.26 Å². The van der Waals surface area contributed by atoms with E-state index in [1.165, 1.54) is 31.4 Å². The maximum atomic E-state index is 13.1. The Morgan fingerprint density at radius 3 is 2.67 bits per heavy atom. The third-order valence-electron chi connectivity index (χ3n) is 6.44. The number of amides is 3. The Balaban J connectivity index is 1.44. The number of esters is 1. The third-order valence-corrected chi connectivity index (χ3v) is 8.47. The lowest BCUT2D eigenvalue weighted by molar-refractivity contribution is -0.127. The van der Waals surface area contributed by atoms with Crippen molar-refractivity contribution in [3.8, 4) is 17.6 Å². The average molecular weight is 760 g/mol. The molecule has 0 radical (unpaired) electrons. The zero-order valence-corrected chi connectivity index (χ0v) is 28.0. The molecule has 45 heavy (non-hydrogen) atoms. The minimum Gasteiger partial charge on any atom is -0.493 e. The van der Waals surface area contributed by atoms with Crippen molar-refractivity contribution < 1.29 is 33.4 Å². The second-order valence-electron chi connectivity index (χ2n) is 9.59. The fourth-order valence-corrected chi connectivity index (χ4v) is 5.96. The highest BCUT2D eigenvalue weighted by molar-refractivity contribution is 14.1. The van der Waals surface area contributed by atoms with Crippen LogP contribution >= 0.6 is 46.0 Å². The van der Waals surface area contributed by atoms with Gasteiger partial charge < -0.3 is 19.5 Å². The van der Waals surface area contributed by atoms with E-state index in [2.05, 4.69) is 34.0 Å². The van der Waals surface area contributed by atoms with Crippen LogP contribution in [0.15, 0.2) is 59.5 Å². The number of nitriles is 1. The lowest BCUT2D eigenvalue weighted by Crippen LogP contribution is -2.36. The van der Waals surface area contributed by atoms with Crippen LogP contribution in [0.3, 0.4) is 0 Å². The van der Waals surface area contributed by atoms with Crippen LogP contribution in [0.4, 0.5) is 10.5 Å². The van der Waals surface area contributed by atoms with Crippen molar-refractivity contribution >= 4 is 80.7 Å². The van der Waals surface area contributed by atoms with Crippen LogP contribution in [0, 0.1) is 14.9 Å². The molecule has 0 bridgehead atoms. The molecule has 1 aliphatic rings. The Kier molecular flexibility index (Phi) is 11.9. The van der Waals surface area contributed by atoms with E-state index in [1.54, 1.807) is 30.3 Å². The molecule has 1 fully saturated rings. The van der Waals surface area contributed by atoms with Gasteiger partial charge in [0.15, 0.2) is 11.5 Å². The van der Waals surface area contributed by atoms with Crippen molar-refractivity contribution in [3.05, 3.63) is 90.3 Å². The fourth-order valence-electron chi connectivity index (χ4n) is 4.15. The molecule has 1 saturated heterocycles. The first-order chi connectivity index (χ1) is 21.6. The SMILES string of the molecule is CCCCOC(=O)c1cc(NC(=O)CN2C(=O)S/C(=C/c3cc(I)c(OCc4ccccc4C#N)c(OC)c3)C2=O)ccc1Cl. The Morgan fingerprint density at radius 2 is 1.93 bits per heavy atom. The summed E-state index contributed by atoms with van der Waals surface area (Å²) in [6, 6.07) is 17.0. The van der Waals surface area contributed by atoms with Gasteiger partial charge in [-0.1, -0.05) is 43.1 Å².